The molecule has 0 saturated heterocycles. The zero-order valence-corrected chi connectivity index (χ0v) is 12.6. The molecule has 0 heterocycles. The lowest BCUT2D eigenvalue weighted by atomic mass is 9.98. The molecule has 0 spiro atoms. The van der Waals surface area contributed by atoms with Crippen LogP contribution in [0.4, 0.5) is 0 Å². The summed E-state index contributed by atoms with van der Waals surface area (Å²) in [5, 5.41) is 3.44. The summed E-state index contributed by atoms with van der Waals surface area (Å²) in [6.07, 6.45) is 4.18. The first kappa shape index (κ1) is 16.9. The largest absolute Gasteiger partial charge is 0.314 e. The predicted octanol–water partition coefficient (Wildman–Crippen LogP) is 2.62. The minimum Gasteiger partial charge on any atom is -0.314 e. The van der Waals surface area contributed by atoms with Crippen LogP contribution in [0.2, 0.25) is 0 Å². The van der Waals surface area contributed by atoms with Crippen LogP contribution in [0.5, 0.6) is 0 Å². The fraction of sp³-hybridized carbons (Fsp3) is 1.00. The highest BCUT2D eigenvalue weighted by Crippen LogP contribution is 2.14. The average molecular weight is 263 g/mol. The van der Waals surface area contributed by atoms with Gasteiger partial charge in [-0.3, -0.25) is 0 Å². The molecule has 0 aliphatic rings. The van der Waals surface area contributed by atoms with Crippen LogP contribution < -0.4 is 5.32 Å². The van der Waals surface area contributed by atoms with Gasteiger partial charge in [0.15, 0.2) is 0 Å². The maximum absolute atomic E-state index is 11.4. The van der Waals surface area contributed by atoms with Gasteiger partial charge >= 0.3 is 0 Å². The molecule has 0 aromatic carbocycles. The van der Waals surface area contributed by atoms with E-state index in [1.54, 1.807) is 6.92 Å². The van der Waals surface area contributed by atoms with E-state index in [0.29, 0.717) is 17.7 Å². The van der Waals surface area contributed by atoms with Gasteiger partial charge in [-0.2, -0.15) is 0 Å². The number of hydrogen-bond donors (Lipinski definition) is 1. The van der Waals surface area contributed by atoms with Crippen LogP contribution in [0, 0.1) is 5.92 Å². The van der Waals surface area contributed by atoms with Crippen LogP contribution in [-0.4, -0.2) is 32.5 Å². The summed E-state index contributed by atoms with van der Waals surface area (Å²) < 4.78 is 22.8. The van der Waals surface area contributed by atoms with Crippen LogP contribution >= 0.6 is 0 Å². The molecule has 0 radical (unpaired) electrons. The smallest absolute Gasteiger partial charge is 0.150 e. The molecule has 0 bridgehead atoms. The maximum Gasteiger partial charge on any atom is 0.150 e. The summed E-state index contributed by atoms with van der Waals surface area (Å²) in [7, 11) is -2.78. The molecule has 104 valence electrons. The summed E-state index contributed by atoms with van der Waals surface area (Å²) in [5.74, 6) is 1.25. The van der Waals surface area contributed by atoms with Gasteiger partial charge in [0.2, 0.25) is 0 Å². The Kier molecular flexibility index (Phi) is 8.88. The number of sulfone groups is 1. The first-order chi connectivity index (χ1) is 7.91. The molecule has 0 amide bonds. The second kappa shape index (κ2) is 8.92. The molecule has 0 rings (SSSR count). The lowest BCUT2D eigenvalue weighted by molar-refractivity contribution is 0.394. The van der Waals surface area contributed by atoms with Crippen molar-refractivity contribution in [3.05, 3.63) is 0 Å². The lowest BCUT2D eigenvalue weighted by Gasteiger charge is -2.18. The number of hydrogen-bond acceptors (Lipinski definition) is 3. The summed E-state index contributed by atoms with van der Waals surface area (Å²) in [5.41, 5.74) is 0. The first-order valence-electron chi connectivity index (χ1n) is 6.85. The highest BCUT2D eigenvalue weighted by Gasteiger charge is 2.11. The topological polar surface area (TPSA) is 46.2 Å². The summed E-state index contributed by atoms with van der Waals surface area (Å²) in [4.78, 5) is 0. The Hall–Kier alpha value is -0.0900. The third-order valence-electron chi connectivity index (χ3n) is 3.02. The zero-order chi connectivity index (χ0) is 13.3. The van der Waals surface area contributed by atoms with Crippen molar-refractivity contribution in [1.82, 2.24) is 5.32 Å². The van der Waals surface area contributed by atoms with Gasteiger partial charge in [-0.05, 0) is 31.7 Å². The third-order valence-corrected chi connectivity index (χ3v) is 4.81. The van der Waals surface area contributed by atoms with Gasteiger partial charge in [0, 0.05) is 11.8 Å². The standard InChI is InChI=1S/C13H29NO2S/c1-5-8-13(11-14-12(3)4)9-7-10-17(15,16)6-2/h12-14H,5-11H2,1-4H3. The van der Waals surface area contributed by atoms with Crippen molar-refractivity contribution < 1.29 is 8.42 Å². The van der Waals surface area contributed by atoms with Crippen molar-refractivity contribution in [3.8, 4) is 0 Å². The van der Waals surface area contributed by atoms with Crippen LogP contribution in [0.15, 0.2) is 0 Å². The summed E-state index contributed by atoms with van der Waals surface area (Å²) in [6, 6.07) is 0.508. The molecule has 0 aromatic heterocycles. The molecule has 0 saturated carbocycles. The van der Waals surface area contributed by atoms with Crippen molar-refractivity contribution in [2.45, 2.75) is 59.4 Å². The van der Waals surface area contributed by atoms with Crippen molar-refractivity contribution in [2.24, 2.45) is 5.92 Å². The van der Waals surface area contributed by atoms with Gasteiger partial charge < -0.3 is 5.32 Å². The van der Waals surface area contributed by atoms with Crippen molar-refractivity contribution in [2.75, 3.05) is 18.1 Å². The van der Waals surface area contributed by atoms with Gasteiger partial charge in [-0.25, -0.2) is 8.42 Å². The first-order valence-corrected chi connectivity index (χ1v) is 8.67. The maximum atomic E-state index is 11.4. The number of nitrogens with one attached hydrogen (secondary N) is 1. The van der Waals surface area contributed by atoms with E-state index in [1.807, 2.05) is 0 Å². The van der Waals surface area contributed by atoms with E-state index in [0.717, 1.165) is 19.4 Å². The van der Waals surface area contributed by atoms with E-state index in [4.69, 9.17) is 0 Å². The Morgan fingerprint density at radius 2 is 1.76 bits per heavy atom. The van der Waals surface area contributed by atoms with E-state index in [-0.39, 0.29) is 5.75 Å². The molecule has 0 fully saturated rings. The van der Waals surface area contributed by atoms with Gasteiger partial charge in [-0.15, -0.1) is 0 Å². The monoisotopic (exact) mass is 263 g/mol. The Bertz CT molecular complexity index is 273. The minimum atomic E-state index is -2.78. The van der Waals surface area contributed by atoms with Crippen LogP contribution in [-0.2, 0) is 9.84 Å². The molecule has 4 heteroatoms. The molecule has 3 nitrogen and oxygen atoms in total. The van der Waals surface area contributed by atoms with Crippen molar-refractivity contribution >= 4 is 9.84 Å². The van der Waals surface area contributed by atoms with Crippen LogP contribution in [0.1, 0.15) is 53.4 Å². The fourth-order valence-corrected chi connectivity index (χ4v) is 2.79. The molecule has 1 N–H and O–H groups in total. The average Bonchev–Trinajstić information content (AvgIpc) is 2.25. The highest BCUT2D eigenvalue weighted by atomic mass is 32.2. The lowest BCUT2D eigenvalue weighted by Crippen LogP contribution is -2.29. The zero-order valence-electron chi connectivity index (χ0n) is 11.8. The normalized spacial score (nSPS) is 14.2. The van der Waals surface area contributed by atoms with E-state index in [9.17, 15) is 8.42 Å². The Morgan fingerprint density at radius 1 is 1.12 bits per heavy atom. The van der Waals surface area contributed by atoms with E-state index < -0.39 is 9.84 Å². The SMILES string of the molecule is CCCC(CCCS(=O)(=O)CC)CNC(C)C. The van der Waals surface area contributed by atoms with Gasteiger partial charge in [0.1, 0.15) is 9.84 Å². The van der Waals surface area contributed by atoms with Crippen molar-refractivity contribution in [3.63, 3.8) is 0 Å². The van der Waals surface area contributed by atoms with E-state index in [2.05, 4.69) is 26.1 Å². The molecule has 1 atom stereocenters. The van der Waals surface area contributed by atoms with Gasteiger partial charge in [0.05, 0.1) is 5.75 Å². The van der Waals surface area contributed by atoms with Crippen molar-refractivity contribution in [1.29, 1.82) is 0 Å². The molecule has 17 heavy (non-hydrogen) atoms. The Labute approximate surface area is 107 Å². The molecular weight excluding hydrogens is 234 g/mol. The van der Waals surface area contributed by atoms with Gasteiger partial charge in [0.25, 0.3) is 0 Å². The second-order valence-electron chi connectivity index (χ2n) is 5.10. The van der Waals surface area contributed by atoms with Gasteiger partial charge in [-0.1, -0.05) is 34.1 Å². The molecule has 0 aliphatic carbocycles. The number of rotatable bonds is 10. The molecule has 0 aromatic rings. The van der Waals surface area contributed by atoms with Crippen LogP contribution in [0.3, 0.4) is 0 Å². The highest BCUT2D eigenvalue weighted by molar-refractivity contribution is 7.91. The van der Waals surface area contributed by atoms with Crippen LogP contribution in [0.25, 0.3) is 0 Å². The summed E-state index contributed by atoms with van der Waals surface area (Å²) in [6.45, 7) is 9.21. The Morgan fingerprint density at radius 3 is 2.24 bits per heavy atom. The van der Waals surface area contributed by atoms with E-state index >= 15 is 0 Å². The third kappa shape index (κ3) is 9.60. The summed E-state index contributed by atoms with van der Waals surface area (Å²) >= 11 is 0. The second-order valence-corrected chi connectivity index (χ2v) is 7.57. The predicted molar refractivity (Wildman–Crippen MR) is 75.1 cm³/mol. The Balaban J connectivity index is 3.92. The molecular formula is C13H29NO2S. The molecule has 0 aliphatic heterocycles. The fourth-order valence-electron chi connectivity index (χ4n) is 1.90. The minimum absolute atomic E-state index is 0.274. The molecule has 1 unspecified atom stereocenters. The van der Waals surface area contributed by atoms with E-state index in [1.165, 1.54) is 12.8 Å². The quantitative estimate of drug-likeness (QED) is 0.659.